The highest BCUT2D eigenvalue weighted by Gasteiger charge is 2.14. The van der Waals surface area contributed by atoms with Crippen LogP contribution in [-0.4, -0.2) is 35.9 Å². The van der Waals surface area contributed by atoms with Crippen LogP contribution in [-0.2, 0) is 0 Å². The molecular formula is C15H11N7O. The van der Waals surface area contributed by atoms with Crippen LogP contribution in [0.1, 0.15) is 10.5 Å². The molecule has 0 spiro atoms. The molecule has 1 aromatic carbocycles. The number of carbonyl (C=O) groups excluding carboxylic acids is 1. The Labute approximate surface area is 130 Å². The zero-order chi connectivity index (χ0) is 15.6. The van der Waals surface area contributed by atoms with Crippen molar-refractivity contribution in [1.29, 1.82) is 0 Å². The van der Waals surface area contributed by atoms with E-state index >= 15 is 0 Å². The van der Waals surface area contributed by atoms with Gasteiger partial charge in [0.15, 0.2) is 11.5 Å². The number of aromatic nitrogens is 6. The number of fused-ring (bicyclic) bond motifs is 1. The maximum absolute atomic E-state index is 12.4. The Morgan fingerprint density at radius 3 is 2.87 bits per heavy atom. The molecule has 0 unspecified atom stereocenters. The van der Waals surface area contributed by atoms with E-state index in [0.717, 1.165) is 10.9 Å². The quantitative estimate of drug-likeness (QED) is 0.601. The summed E-state index contributed by atoms with van der Waals surface area (Å²) in [6.45, 7) is 0. The second-order valence-electron chi connectivity index (χ2n) is 4.82. The van der Waals surface area contributed by atoms with E-state index in [1.54, 1.807) is 24.7 Å². The number of pyridine rings is 1. The molecule has 112 valence electrons. The van der Waals surface area contributed by atoms with Gasteiger partial charge >= 0.3 is 0 Å². The summed E-state index contributed by atoms with van der Waals surface area (Å²) in [5.41, 5.74) is 1.74. The summed E-state index contributed by atoms with van der Waals surface area (Å²) in [5.74, 6) is 0.323. The maximum Gasteiger partial charge on any atom is 0.276 e. The van der Waals surface area contributed by atoms with Gasteiger partial charge in [0.25, 0.3) is 5.91 Å². The van der Waals surface area contributed by atoms with Crippen LogP contribution in [0.4, 0.5) is 5.69 Å². The minimum Gasteiger partial charge on any atom is -0.319 e. The number of H-pyrrole nitrogens is 1. The molecule has 0 radical (unpaired) electrons. The normalized spacial score (nSPS) is 10.8. The minimum absolute atomic E-state index is 0.294. The summed E-state index contributed by atoms with van der Waals surface area (Å²) < 4.78 is 1.53. The summed E-state index contributed by atoms with van der Waals surface area (Å²) >= 11 is 0. The molecule has 0 bridgehead atoms. The van der Waals surface area contributed by atoms with Gasteiger partial charge in [-0.1, -0.05) is 18.2 Å². The number of hydrogen-bond donors (Lipinski definition) is 2. The lowest BCUT2D eigenvalue weighted by Gasteiger charge is -2.04. The molecule has 4 rings (SSSR count). The van der Waals surface area contributed by atoms with E-state index in [2.05, 4.69) is 30.6 Å². The highest BCUT2D eigenvalue weighted by Crippen LogP contribution is 2.17. The monoisotopic (exact) mass is 305 g/mol. The Morgan fingerprint density at radius 1 is 1.17 bits per heavy atom. The topological polar surface area (TPSA) is 101 Å². The van der Waals surface area contributed by atoms with Crippen molar-refractivity contribution in [2.75, 3.05) is 5.32 Å². The van der Waals surface area contributed by atoms with Crippen molar-refractivity contribution in [3.63, 3.8) is 0 Å². The Bertz CT molecular complexity index is 957. The molecule has 0 aliphatic rings. The molecule has 0 aliphatic heterocycles. The first-order valence-electron chi connectivity index (χ1n) is 6.87. The third kappa shape index (κ3) is 2.42. The molecule has 23 heavy (non-hydrogen) atoms. The van der Waals surface area contributed by atoms with E-state index < -0.39 is 0 Å². The first kappa shape index (κ1) is 13.1. The predicted octanol–water partition coefficient (Wildman–Crippen LogP) is 1.79. The van der Waals surface area contributed by atoms with Crippen LogP contribution in [0.3, 0.4) is 0 Å². The van der Waals surface area contributed by atoms with Crippen LogP contribution in [0.25, 0.3) is 16.7 Å². The van der Waals surface area contributed by atoms with E-state index in [4.69, 9.17) is 0 Å². The number of nitrogens with one attached hydrogen (secondary N) is 2. The van der Waals surface area contributed by atoms with Crippen molar-refractivity contribution in [3.05, 3.63) is 60.9 Å². The SMILES string of the molecule is O=C(Nc1ccc(-n2cncn2)nc1)c1n[nH]c2ccccc12. The summed E-state index contributed by atoms with van der Waals surface area (Å²) in [6, 6.07) is 11.0. The highest BCUT2D eigenvalue weighted by atomic mass is 16.1. The van der Waals surface area contributed by atoms with Gasteiger partial charge < -0.3 is 5.32 Å². The summed E-state index contributed by atoms with van der Waals surface area (Å²) in [6.07, 6.45) is 4.54. The van der Waals surface area contributed by atoms with Gasteiger partial charge in [0.1, 0.15) is 12.7 Å². The summed E-state index contributed by atoms with van der Waals surface area (Å²) in [7, 11) is 0. The fraction of sp³-hybridized carbons (Fsp3) is 0. The van der Waals surface area contributed by atoms with Crippen molar-refractivity contribution >= 4 is 22.5 Å². The Balaban J connectivity index is 1.57. The lowest BCUT2D eigenvalue weighted by Crippen LogP contribution is -2.13. The number of benzene rings is 1. The first-order chi connectivity index (χ1) is 11.3. The van der Waals surface area contributed by atoms with Crippen LogP contribution in [0.15, 0.2) is 55.2 Å². The van der Waals surface area contributed by atoms with Crippen LogP contribution < -0.4 is 5.32 Å². The smallest absolute Gasteiger partial charge is 0.276 e. The molecule has 0 saturated carbocycles. The molecule has 4 aromatic rings. The Kier molecular flexibility index (Phi) is 3.05. The van der Waals surface area contributed by atoms with Gasteiger partial charge in [-0.15, -0.1) is 0 Å². The first-order valence-corrected chi connectivity index (χ1v) is 6.87. The number of rotatable bonds is 3. The number of nitrogens with zero attached hydrogens (tertiary/aromatic N) is 5. The summed E-state index contributed by atoms with van der Waals surface area (Å²) in [5, 5.41) is 14.5. The number of carbonyl (C=O) groups is 1. The van der Waals surface area contributed by atoms with Crippen molar-refractivity contribution in [3.8, 4) is 5.82 Å². The third-order valence-corrected chi connectivity index (χ3v) is 3.34. The maximum atomic E-state index is 12.4. The molecule has 3 aromatic heterocycles. The van der Waals surface area contributed by atoms with Crippen molar-refractivity contribution < 1.29 is 4.79 Å². The lowest BCUT2D eigenvalue weighted by molar-refractivity contribution is 0.102. The van der Waals surface area contributed by atoms with Crippen LogP contribution in [0, 0.1) is 0 Å². The summed E-state index contributed by atoms with van der Waals surface area (Å²) in [4.78, 5) is 20.5. The zero-order valence-corrected chi connectivity index (χ0v) is 11.8. The Hall–Kier alpha value is -3.55. The molecule has 0 aliphatic carbocycles. The third-order valence-electron chi connectivity index (χ3n) is 3.34. The highest BCUT2D eigenvalue weighted by molar-refractivity contribution is 6.10. The van der Waals surface area contributed by atoms with E-state index in [1.807, 2.05) is 24.3 Å². The van der Waals surface area contributed by atoms with E-state index in [1.165, 1.54) is 11.0 Å². The second kappa shape index (κ2) is 5.34. The van der Waals surface area contributed by atoms with Gasteiger partial charge in [-0.05, 0) is 18.2 Å². The largest absolute Gasteiger partial charge is 0.319 e. The molecule has 8 nitrogen and oxygen atoms in total. The van der Waals surface area contributed by atoms with Crippen molar-refractivity contribution in [2.24, 2.45) is 0 Å². The lowest BCUT2D eigenvalue weighted by atomic mass is 10.2. The van der Waals surface area contributed by atoms with Crippen LogP contribution in [0.2, 0.25) is 0 Å². The molecule has 0 fully saturated rings. The average molecular weight is 305 g/mol. The van der Waals surface area contributed by atoms with Gasteiger partial charge in [0, 0.05) is 5.39 Å². The van der Waals surface area contributed by atoms with Crippen LogP contribution >= 0.6 is 0 Å². The van der Waals surface area contributed by atoms with Gasteiger partial charge in [0.2, 0.25) is 0 Å². The van der Waals surface area contributed by atoms with E-state index in [0.29, 0.717) is 17.2 Å². The predicted molar refractivity (Wildman–Crippen MR) is 83.2 cm³/mol. The van der Waals surface area contributed by atoms with Gasteiger partial charge in [-0.25, -0.2) is 14.6 Å². The number of hydrogen-bond acceptors (Lipinski definition) is 5. The minimum atomic E-state index is -0.294. The second-order valence-corrected chi connectivity index (χ2v) is 4.82. The van der Waals surface area contributed by atoms with Gasteiger partial charge in [-0.3, -0.25) is 9.89 Å². The standard InChI is InChI=1S/C15H11N7O/c23-15(14-11-3-1-2-4-12(11)20-21-14)19-10-5-6-13(17-7-10)22-9-16-8-18-22/h1-9H,(H,19,23)(H,20,21). The van der Waals surface area contributed by atoms with Gasteiger partial charge in [-0.2, -0.15) is 10.2 Å². The fourth-order valence-electron chi connectivity index (χ4n) is 2.25. The van der Waals surface area contributed by atoms with Crippen molar-refractivity contribution in [2.45, 2.75) is 0 Å². The number of aromatic amines is 1. The number of para-hydroxylation sites is 1. The van der Waals surface area contributed by atoms with E-state index in [-0.39, 0.29) is 5.91 Å². The molecule has 0 saturated heterocycles. The average Bonchev–Trinajstić information content (AvgIpc) is 3.25. The number of anilines is 1. The Morgan fingerprint density at radius 2 is 2.09 bits per heavy atom. The molecule has 0 atom stereocenters. The number of amides is 1. The molecular weight excluding hydrogens is 294 g/mol. The molecule has 1 amide bonds. The molecule has 2 N–H and O–H groups in total. The van der Waals surface area contributed by atoms with Crippen LogP contribution in [0.5, 0.6) is 0 Å². The molecule has 8 heteroatoms. The zero-order valence-electron chi connectivity index (χ0n) is 11.8. The molecule has 3 heterocycles. The van der Waals surface area contributed by atoms with Crippen molar-refractivity contribution in [1.82, 2.24) is 29.9 Å². The van der Waals surface area contributed by atoms with E-state index in [9.17, 15) is 4.79 Å². The van der Waals surface area contributed by atoms with Gasteiger partial charge in [0.05, 0.1) is 17.4 Å². The fourth-order valence-corrected chi connectivity index (χ4v) is 2.25.